The molecule has 3 aliphatic rings. The highest BCUT2D eigenvalue weighted by atomic mass is 15.0. The standard InChI is InChI=1S/C51H43N.2C2H6/c1-5-7-18-39-40-20-15-17-26-48(40)52(47(39)6-2)36-30-27-34(28-31-36)49-41-21-10-8-12-23-43(41)50(44-24-13-9-11-22-42(44)49)35-29-32-38-37-19-14-16-25-45(37)51(3,4)46(38)33-35;2*1-2/h6-12,14-22,24-33H,2,5,13,23H2,1,3-4H3;2*1-2H3/b18-7-;;. The van der Waals surface area contributed by atoms with E-state index in [1.165, 1.54) is 82.5 Å². The maximum Gasteiger partial charge on any atom is 0.0541 e. The van der Waals surface area contributed by atoms with Crippen molar-refractivity contribution in [2.45, 2.75) is 73.1 Å². The molecule has 0 unspecified atom stereocenters. The van der Waals surface area contributed by atoms with Crippen molar-refractivity contribution in [3.63, 3.8) is 0 Å². The van der Waals surface area contributed by atoms with Crippen LogP contribution in [-0.4, -0.2) is 4.57 Å². The molecule has 0 N–H and O–H groups in total. The zero-order valence-electron chi connectivity index (χ0n) is 34.3. The van der Waals surface area contributed by atoms with Crippen molar-refractivity contribution >= 4 is 41.3 Å². The lowest BCUT2D eigenvalue weighted by Gasteiger charge is -2.23. The molecule has 1 heteroatoms. The Labute approximate surface area is 334 Å². The molecule has 5 aromatic carbocycles. The minimum Gasteiger partial charge on any atom is -0.309 e. The summed E-state index contributed by atoms with van der Waals surface area (Å²) in [5, 5.41) is 3.86. The van der Waals surface area contributed by atoms with E-state index in [0.29, 0.717) is 0 Å². The first kappa shape index (κ1) is 38.4. The first-order chi connectivity index (χ1) is 27.5. The highest BCUT2D eigenvalue weighted by molar-refractivity contribution is 5.96. The maximum absolute atomic E-state index is 4.25. The van der Waals surface area contributed by atoms with E-state index >= 15 is 0 Å². The molecular formula is C55H55N. The predicted octanol–water partition coefficient (Wildman–Crippen LogP) is 14.0. The molecule has 1 aromatic heterocycles. The van der Waals surface area contributed by atoms with Gasteiger partial charge in [0, 0.05) is 22.1 Å². The largest absolute Gasteiger partial charge is 0.309 e. The number of allylic oxidation sites excluding steroid dienone is 6. The minimum absolute atomic E-state index is 0.0573. The first-order valence-electron chi connectivity index (χ1n) is 20.7. The fourth-order valence-electron chi connectivity index (χ4n) is 8.94. The summed E-state index contributed by atoms with van der Waals surface area (Å²) in [4.78, 5) is 0. The molecule has 6 aromatic rings. The predicted molar refractivity (Wildman–Crippen MR) is 248 cm³/mol. The number of aromatic nitrogens is 1. The van der Waals surface area contributed by atoms with Crippen LogP contribution in [0.1, 0.15) is 94.8 Å². The van der Waals surface area contributed by atoms with Gasteiger partial charge in [-0.2, -0.15) is 0 Å². The Kier molecular flexibility index (Phi) is 11.3. The Balaban J connectivity index is 0.00000117. The molecule has 0 bridgehead atoms. The van der Waals surface area contributed by atoms with Gasteiger partial charge in [-0.3, -0.25) is 0 Å². The van der Waals surface area contributed by atoms with Gasteiger partial charge < -0.3 is 4.57 Å². The van der Waals surface area contributed by atoms with Gasteiger partial charge in [-0.15, -0.1) is 0 Å². The number of fused-ring (bicyclic) bond motifs is 6. The van der Waals surface area contributed by atoms with E-state index in [0.717, 1.165) is 30.6 Å². The molecule has 280 valence electrons. The number of hydrogen-bond acceptors (Lipinski definition) is 0. The van der Waals surface area contributed by atoms with Crippen LogP contribution in [0.25, 0.3) is 80.4 Å². The molecule has 56 heavy (non-hydrogen) atoms. The van der Waals surface area contributed by atoms with Gasteiger partial charge >= 0.3 is 0 Å². The van der Waals surface area contributed by atoms with Gasteiger partial charge in [0.15, 0.2) is 0 Å². The third-order valence-electron chi connectivity index (χ3n) is 11.4. The molecule has 0 spiro atoms. The van der Waals surface area contributed by atoms with Crippen LogP contribution in [0, 0.1) is 0 Å². The SMILES string of the molecule is C=Cc1c(/C=C\CC)c2ccccc2n1-c1ccc(-c2c3c(c(-c4ccc5c(c4)C(C)(C)c4ccccc4-5)c4c2=CC=CCC=4)CC=CC=C3)cc1.CC.CC. The van der Waals surface area contributed by atoms with Crippen LogP contribution >= 0.6 is 0 Å². The molecule has 0 atom stereocenters. The van der Waals surface area contributed by atoms with Gasteiger partial charge in [-0.1, -0.05) is 183 Å². The molecule has 9 rings (SSSR count). The number of rotatable bonds is 6. The Morgan fingerprint density at radius 2 is 1.46 bits per heavy atom. The van der Waals surface area contributed by atoms with Crippen LogP contribution in [0.2, 0.25) is 0 Å². The molecule has 0 saturated carbocycles. The second-order valence-corrected chi connectivity index (χ2v) is 14.6. The summed E-state index contributed by atoms with van der Waals surface area (Å²) in [6.07, 6.45) is 27.6. The lowest BCUT2D eigenvalue weighted by molar-refractivity contribution is 0.660. The highest BCUT2D eigenvalue weighted by Crippen LogP contribution is 2.49. The summed E-state index contributed by atoms with van der Waals surface area (Å²) in [5.41, 5.74) is 18.0. The number of para-hydroxylation sites is 1. The third kappa shape index (κ3) is 6.40. The summed E-state index contributed by atoms with van der Waals surface area (Å²) < 4.78 is 2.35. The van der Waals surface area contributed by atoms with Gasteiger partial charge in [0.2, 0.25) is 0 Å². The van der Waals surface area contributed by atoms with E-state index in [9.17, 15) is 0 Å². The molecule has 0 saturated heterocycles. The zero-order valence-corrected chi connectivity index (χ0v) is 34.3. The lowest BCUT2D eigenvalue weighted by Crippen LogP contribution is -2.31. The summed E-state index contributed by atoms with van der Waals surface area (Å²) in [7, 11) is 0. The van der Waals surface area contributed by atoms with Crippen LogP contribution in [0.15, 0.2) is 134 Å². The number of nitrogens with zero attached hydrogens (tertiary/aromatic N) is 1. The summed E-state index contributed by atoms with van der Waals surface area (Å²) in [6, 6.07) is 34.0. The third-order valence-corrected chi connectivity index (χ3v) is 11.4. The van der Waals surface area contributed by atoms with Gasteiger partial charge in [0.25, 0.3) is 0 Å². The van der Waals surface area contributed by atoms with Crippen LogP contribution in [-0.2, 0) is 11.8 Å². The Bertz CT molecular complexity index is 2680. The van der Waals surface area contributed by atoms with E-state index in [4.69, 9.17) is 0 Å². The van der Waals surface area contributed by atoms with Crippen molar-refractivity contribution in [1.82, 2.24) is 4.57 Å². The second kappa shape index (κ2) is 16.4. The minimum atomic E-state index is -0.0573. The summed E-state index contributed by atoms with van der Waals surface area (Å²) in [5.74, 6) is 0. The Hall–Kier alpha value is -5.92. The van der Waals surface area contributed by atoms with Gasteiger partial charge in [-0.25, -0.2) is 0 Å². The topological polar surface area (TPSA) is 4.93 Å². The van der Waals surface area contributed by atoms with E-state index in [2.05, 4.69) is 184 Å². The molecule has 0 fully saturated rings. The van der Waals surface area contributed by atoms with E-state index in [1.807, 2.05) is 33.8 Å². The van der Waals surface area contributed by atoms with Gasteiger partial charge in [0.05, 0.1) is 11.2 Å². The van der Waals surface area contributed by atoms with Crippen LogP contribution in [0.5, 0.6) is 0 Å². The van der Waals surface area contributed by atoms with Crippen molar-refractivity contribution in [2.24, 2.45) is 0 Å². The highest BCUT2D eigenvalue weighted by Gasteiger charge is 2.35. The fraction of sp³-hybridized carbons (Fsp3) is 0.200. The molecule has 3 aliphatic carbocycles. The molecule has 0 radical (unpaired) electrons. The van der Waals surface area contributed by atoms with Crippen molar-refractivity contribution in [3.05, 3.63) is 178 Å². The van der Waals surface area contributed by atoms with Gasteiger partial charge in [0.1, 0.15) is 0 Å². The maximum atomic E-state index is 4.25. The second-order valence-electron chi connectivity index (χ2n) is 14.6. The van der Waals surface area contributed by atoms with Gasteiger partial charge in [-0.05, 0) is 116 Å². The normalized spacial score (nSPS) is 14.1. The van der Waals surface area contributed by atoms with Crippen molar-refractivity contribution in [1.29, 1.82) is 0 Å². The smallest absolute Gasteiger partial charge is 0.0541 e. The monoisotopic (exact) mass is 729 g/mol. The van der Waals surface area contributed by atoms with Crippen LogP contribution in [0.4, 0.5) is 0 Å². The van der Waals surface area contributed by atoms with E-state index in [1.54, 1.807) is 0 Å². The van der Waals surface area contributed by atoms with E-state index < -0.39 is 0 Å². The first-order valence-corrected chi connectivity index (χ1v) is 20.7. The molecular weight excluding hydrogens is 675 g/mol. The Morgan fingerprint density at radius 3 is 2.25 bits per heavy atom. The zero-order chi connectivity index (χ0) is 39.4. The molecule has 1 heterocycles. The van der Waals surface area contributed by atoms with E-state index in [-0.39, 0.29) is 5.41 Å². The summed E-state index contributed by atoms with van der Waals surface area (Å²) >= 11 is 0. The molecule has 1 nitrogen and oxygen atoms in total. The lowest BCUT2D eigenvalue weighted by atomic mass is 9.80. The van der Waals surface area contributed by atoms with Crippen molar-refractivity contribution < 1.29 is 0 Å². The van der Waals surface area contributed by atoms with Crippen LogP contribution in [0.3, 0.4) is 0 Å². The molecule has 0 amide bonds. The number of benzene rings is 5. The number of hydrogen-bond donors (Lipinski definition) is 0. The quantitative estimate of drug-likeness (QED) is 0.161. The van der Waals surface area contributed by atoms with Crippen molar-refractivity contribution in [2.75, 3.05) is 0 Å². The van der Waals surface area contributed by atoms with Crippen molar-refractivity contribution in [3.8, 4) is 39.1 Å². The van der Waals surface area contributed by atoms with Crippen LogP contribution < -0.4 is 10.4 Å². The summed E-state index contributed by atoms with van der Waals surface area (Å²) in [6.45, 7) is 19.2. The molecule has 0 aliphatic heterocycles. The fourth-order valence-corrected chi connectivity index (χ4v) is 8.94. The average molecular weight is 730 g/mol. The Morgan fingerprint density at radius 1 is 0.732 bits per heavy atom. The average Bonchev–Trinajstić information content (AvgIpc) is 3.40.